The Labute approximate surface area is 150 Å². The van der Waals surface area contributed by atoms with Gasteiger partial charge in [-0.25, -0.2) is 9.67 Å². The van der Waals surface area contributed by atoms with Crippen LogP contribution in [-0.2, 0) is 14.4 Å². The zero-order chi connectivity index (χ0) is 18.1. The molecule has 2 unspecified atom stereocenters. The lowest BCUT2D eigenvalue weighted by atomic mass is 9.81. The molecule has 134 valence electrons. The fourth-order valence-electron chi connectivity index (χ4n) is 3.79. The number of amides is 3. The van der Waals surface area contributed by atoms with E-state index in [4.69, 9.17) is 0 Å². The number of carbonyl (C=O) groups is 3. The van der Waals surface area contributed by atoms with Gasteiger partial charge in [0.15, 0.2) is 5.82 Å². The Morgan fingerprint density at radius 1 is 1.12 bits per heavy atom. The lowest BCUT2D eigenvalue weighted by molar-refractivity contribution is -0.142. The van der Waals surface area contributed by atoms with Gasteiger partial charge in [0.1, 0.15) is 6.54 Å². The van der Waals surface area contributed by atoms with E-state index in [9.17, 15) is 14.4 Å². The smallest absolute Gasteiger partial charge is 0.244 e. The summed E-state index contributed by atoms with van der Waals surface area (Å²) in [4.78, 5) is 42.8. The van der Waals surface area contributed by atoms with Gasteiger partial charge in [-0.3, -0.25) is 19.3 Å². The van der Waals surface area contributed by atoms with E-state index < -0.39 is 5.91 Å². The van der Waals surface area contributed by atoms with Gasteiger partial charge < -0.3 is 5.32 Å². The Bertz CT molecular complexity index is 824. The van der Waals surface area contributed by atoms with Crippen LogP contribution in [0.25, 0.3) is 5.82 Å². The maximum atomic E-state index is 12.5. The molecule has 3 heterocycles. The Morgan fingerprint density at radius 2 is 1.85 bits per heavy atom. The van der Waals surface area contributed by atoms with Crippen LogP contribution in [0, 0.1) is 11.8 Å². The molecule has 3 amide bonds. The summed E-state index contributed by atoms with van der Waals surface area (Å²) >= 11 is 0. The van der Waals surface area contributed by atoms with Crippen molar-refractivity contribution in [2.45, 2.75) is 25.7 Å². The molecular formula is C18H19N5O3. The fraction of sp³-hybridized carbons (Fsp3) is 0.389. The minimum Gasteiger partial charge on any atom is -0.321 e. The molecule has 8 nitrogen and oxygen atoms in total. The first-order chi connectivity index (χ1) is 12.6. The first-order valence-electron chi connectivity index (χ1n) is 8.75. The number of likely N-dealkylation sites (tertiary alicyclic amines) is 1. The van der Waals surface area contributed by atoms with E-state index in [0.29, 0.717) is 11.5 Å². The van der Waals surface area contributed by atoms with Gasteiger partial charge in [0.25, 0.3) is 0 Å². The molecule has 8 heteroatoms. The van der Waals surface area contributed by atoms with Gasteiger partial charge in [0.05, 0.1) is 17.5 Å². The Morgan fingerprint density at radius 3 is 2.50 bits per heavy atom. The summed E-state index contributed by atoms with van der Waals surface area (Å²) in [6.45, 7) is -0.266. The summed E-state index contributed by atoms with van der Waals surface area (Å²) in [7, 11) is 0. The van der Waals surface area contributed by atoms with E-state index in [1.165, 1.54) is 4.68 Å². The lowest BCUT2D eigenvalue weighted by Gasteiger charge is -2.19. The van der Waals surface area contributed by atoms with Crippen molar-refractivity contribution >= 4 is 23.4 Å². The van der Waals surface area contributed by atoms with E-state index in [2.05, 4.69) is 15.4 Å². The summed E-state index contributed by atoms with van der Waals surface area (Å²) in [5.41, 5.74) is 0.470. The van der Waals surface area contributed by atoms with Crippen molar-refractivity contribution in [3.8, 4) is 5.82 Å². The summed E-state index contributed by atoms with van der Waals surface area (Å²) in [5, 5.41) is 6.85. The highest BCUT2D eigenvalue weighted by molar-refractivity contribution is 6.08. The second kappa shape index (κ2) is 6.70. The first-order valence-corrected chi connectivity index (χ1v) is 8.75. The van der Waals surface area contributed by atoms with Crippen molar-refractivity contribution in [2.24, 2.45) is 11.8 Å². The van der Waals surface area contributed by atoms with E-state index in [1.54, 1.807) is 36.8 Å². The molecule has 0 aromatic carbocycles. The van der Waals surface area contributed by atoms with Gasteiger partial charge in [-0.15, -0.1) is 0 Å². The van der Waals surface area contributed by atoms with E-state index in [-0.39, 0.29) is 30.2 Å². The first kappa shape index (κ1) is 16.4. The standard InChI is InChI=1S/C18H19N5O3/c24-15(11-22-17(25)12-5-1-2-6-13(12)18(22)26)21-14-7-3-8-19-16(14)23-10-4-9-20-23/h3-4,7-10,12-13H,1-2,5-6,11H2,(H,21,24). The quantitative estimate of drug-likeness (QED) is 0.838. The molecule has 2 fully saturated rings. The SMILES string of the molecule is O=C(CN1C(=O)C2CCCCC2C1=O)Nc1cccnc1-n1cccn1. The molecule has 1 aliphatic heterocycles. The number of carbonyl (C=O) groups excluding carboxylic acids is 3. The highest BCUT2D eigenvalue weighted by atomic mass is 16.2. The predicted octanol–water partition coefficient (Wildman–Crippen LogP) is 1.38. The molecule has 1 aliphatic carbocycles. The van der Waals surface area contributed by atoms with Crippen molar-refractivity contribution in [3.05, 3.63) is 36.8 Å². The van der Waals surface area contributed by atoms with Crippen LogP contribution < -0.4 is 5.32 Å². The number of pyridine rings is 1. The topological polar surface area (TPSA) is 97.2 Å². The van der Waals surface area contributed by atoms with Crippen LogP contribution >= 0.6 is 0 Å². The molecule has 0 bridgehead atoms. The maximum Gasteiger partial charge on any atom is 0.244 e. The lowest BCUT2D eigenvalue weighted by Crippen LogP contribution is -2.38. The molecule has 1 saturated heterocycles. The van der Waals surface area contributed by atoms with Gasteiger partial charge in [0.2, 0.25) is 17.7 Å². The van der Waals surface area contributed by atoms with Gasteiger partial charge in [0, 0.05) is 18.6 Å². The molecule has 0 radical (unpaired) electrons. The molecule has 2 atom stereocenters. The van der Waals surface area contributed by atoms with E-state index in [0.717, 1.165) is 30.6 Å². The normalized spacial score (nSPS) is 22.4. The van der Waals surface area contributed by atoms with Crippen LogP contribution in [0.2, 0.25) is 0 Å². The number of hydrogen-bond acceptors (Lipinski definition) is 5. The second-order valence-corrected chi connectivity index (χ2v) is 6.63. The number of aromatic nitrogens is 3. The number of hydrogen-bond donors (Lipinski definition) is 1. The molecule has 4 rings (SSSR count). The molecule has 2 aromatic rings. The van der Waals surface area contributed by atoms with Crippen molar-refractivity contribution in [1.82, 2.24) is 19.7 Å². The Kier molecular flexibility index (Phi) is 4.24. The van der Waals surface area contributed by atoms with Crippen LogP contribution in [0.5, 0.6) is 0 Å². The van der Waals surface area contributed by atoms with Crippen LogP contribution in [0.1, 0.15) is 25.7 Å². The number of nitrogens with zero attached hydrogens (tertiary/aromatic N) is 4. The average Bonchev–Trinajstić information content (AvgIpc) is 3.26. The molecule has 26 heavy (non-hydrogen) atoms. The largest absolute Gasteiger partial charge is 0.321 e. The van der Waals surface area contributed by atoms with Crippen LogP contribution in [-0.4, -0.2) is 43.9 Å². The fourth-order valence-corrected chi connectivity index (χ4v) is 3.79. The number of rotatable bonds is 4. The van der Waals surface area contributed by atoms with Crippen molar-refractivity contribution in [1.29, 1.82) is 0 Å². The third-order valence-corrected chi connectivity index (χ3v) is 5.02. The van der Waals surface area contributed by atoms with Crippen LogP contribution in [0.15, 0.2) is 36.8 Å². The molecule has 1 N–H and O–H groups in total. The molecule has 2 aliphatic rings. The summed E-state index contributed by atoms with van der Waals surface area (Å²) in [6.07, 6.45) is 8.33. The number of anilines is 1. The minimum atomic E-state index is -0.424. The second-order valence-electron chi connectivity index (χ2n) is 6.63. The highest BCUT2D eigenvalue weighted by Crippen LogP contribution is 2.37. The van der Waals surface area contributed by atoms with Crippen molar-refractivity contribution in [3.63, 3.8) is 0 Å². The van der Waals surface area contributed by atoms with E-state index in [1.807, 2.05) is 0 Å². The molecule has 1 saturated carbocycles. The van der Waals surface area contributed by atoms with Crippen LogP contribution in [0.4, 0.5) is 5.69 Å². The Balaban J connectivity index is 1.48. The summed E-state index contributed by atoms with van der Waals surface area (Å²) in [6, 6.07) is 5.15. The van der Waals surface area contributed by atoms with Gasteiger partial charge >= 0.3 is 0 Å². The zero-order valence-electron chi connectivity index (χ0n) is 14.2. The van der Waals surface area contributed by atoms with Gasteiger partial charge in [-0.05, 0) is 31.0 Å². The summed E-state index contributed by atoms with van der Waals surface area (Å²) < 4.78 is 1.54. The number of nitrogens with one attached hydrogen (secondary N) is 1. The average molecular weight is 353 g/mol. The van der Waals surface area contributed by atoms with E-state index >= 15 is 0 Å². The van der Waals surface area contributed by atoms with Crippen LogP contribution in [0.3, 0.4) is 0 Å². The predicted molar refractivity (Wildman–Crippen MR) is 92.2 cm³/mol. The minimum absolute atomic E-state index is 0.215. The van der Waals surface area contributed by atoms with Gasteiger partial charge in [-0.2, -0.15) is 5.10 Å². The maximum absolute atomic E-state index is 12.5. The third kappa shape index (κ3) is 2.87. The number of imide groups is 1. The molecule has 0 spiro atoms. The van der Waals surface area contributed by atoms with Crippen molar-refractivity contribution in [2.75, 3.05) is 11.9 Å². The van der Waals surface area contributed by atoms with Gasteiger partial charge in [-0.1, -0.05) is 12.8 Å². The summed E-state index contributed by atoms with van der Waals surface area (Å²) in [5.74, 6) is -0.879. The van der Waals surface area contributed by atoms with Crippen molar-refractivity contribution < 1.29 is 14.4 Å². The monoisotopic (exact) mass is 353 g/mol. The molecule has 2 aromatic heterocycles. The Hall–Kier alpha value is -3.03. The third-order valence-electron chi connectivity index (χ3n) is 5.02. The zero-order valence-corrected chi connectivity index (χ0v) is 14.2. The highest BCUT2D eigenvalue weighted by Gasteiger charge is 2.48. The molecular weight excluding hydrogens is 334 g/mol. The number of fused-ring (bicyclic) bond motifs is 1.